The quantitative estimate of drug-likeness (QED) is 0.223. The van der Waals surface area contributed by atoms with Gasteiger partial charge in [-0.1, -0.05) is 13.8 Å². The summed E-state index contributed by atoms with van der Waals surface area (Å²) in [4.78, 5) is 26.2. The van der Waals surface area contributed by atoms with E-state index in [2.05, 4.69) is 10.6 Å². The molecular formula is C16H32N6O2. The maximum Gasteiger partial charge on any atom is 0.243 e. The molecule has 0 aliphatic carbocycles. The normalized spacial score (nSPS) is 19.4. The highest BCUT2D eigenvalue weighted by Gasteiger charge is 2.39. The number of hydrogen-bond donors (Lipinski definition) is 5. The molecule has 0 spiro atoms. The molecule has 1 aliphatic heterocycles. The highest BCUT2D eigenvalue weighted by molar-refractivity contribution is 5.91. The topological polar surface area (TPSA) is 137 Å². The first-order chi connectivity index (χ1) is 11.2. The molecule has 1 rings (SSSR count). The Balaban J connectivity index is 2.36. The van der Waals surface area contributed by atoms with Crippen molar-refractivity contribution in [3.63, 3.8) is 0 Å². The Bertz CT molecular complexity index is 454. The molecule has 138 valence electrons. The molecule has 8 nitrogen and oxygen atoms in total. The molecule has 7 N–H and O–H groups in total. The number of hydrogen-bond acceptors (Lipinski definition) is 4. The van der Waals surface area contributed by atoms with Crippen LogP contribution in [0.15, 0.2) is 0 Å². The molecule has 1 heterocycles. The molecule has 1 saturated heterocycles. The molecule has 0 bridgehead atoms. The van der Waals surface area contributed by atoms with E-state index >= 15 is 0 Å². The van der Waals surface area contributed by atoms with E-state index in [1.165, 1.54) is 0 Å². The predicted octanol–water partition coefficient (Wildman–Crippen LogP) is -0.271. The number of rotatable bonds is 9. The molecule has 3 unspecified atom stereocenters. The fraction of sp³-hybridized carbons (Fsp3) is 0.812. The van der Waals surface area contributed by atoms with Gasteiger partial charge in [0, 0.05) is 19.1 Å². The lowest BCUT2D eigenvalue weighted by molar-refractivity contribution is -0.148. The first-order valence-electron chi connectivity index (χ1n) is 8.66. The molecule has 2 amide bonds. The molecule has 0 aromatic rings. The van der Waals surface area contributed by atoms with Crippen LogP contribution in [0.3, 0.4) is 0 Å². The van der Waals surface area contributed by atoms with Crippen LogP contribution in [0.25, 0.3) is 0 Å². The fourth-order valence-corrected chi connectivity index (χ4v) is 2.79. The van der Waals surface area contributed by atoms with Crippen molar-refractivity contribution >= 4 is 17.8 Å². The number of likely N-dealkylation sites (tertiary alicyclic amines) is 1. The second kappa shape index (κ2) is 9.46. The Morgan fingerprint density at radius 3 is 2.50 bits per heavy atom. The van der Waals surface area contributed by atoms with Gasteiger partial charge >= 0.3 is 0 Å². The maximum atomic E-state index is 12.3. The van der Waals surface area contributed by atoms with E-state index in [1.54, 1.807) is 4.90 Å². The molecule has 0 radical (unpaired) electrons. The number of carbonyl (C=O) groups is 2. The number of guanidine groups is 1. The Morgan fingerprint density at radius 1 is 1.33 bits per heavy atom. The number of nitrogens with two attached hydrogens (primary N) is 2. The van der Waals surface area contributed by atoms with Gasteiger partial charge in [0.1, 0.15) is 6.04 Å². The number of nitrogens with one attached hydrogen (secondary N) is 3. The van der Waals surface area contributed by atoms with Crippen LogP contribution in [0.5, 0.6) is 0 Å². The van der Waals surface area contributed by atoms with Crippen LogP contribution in [0.4, 0.5) is 0 Å². The molecule has 1 aliphatic rings. The summed E-state index contributed by atoms with van der Waals surface area (Å²) in [5.74, 6) is 0.0565. The van der Waals surface area contributed by atoms with Crippen molar-refractivity contribution in [2.45, 2.75) is 64.6 Å². The molecule has 24 heavy (non-hydrogen) atoms. The second-order valence-electron chi connectivity index (χ2n) is 6.96. The highest BCUT2D eigenvalue weighted by Crippen LogP contribution is 2.20. The van der Waals surface area contributed by atoms with Gasteiger partial charge in [-0.15, -0.1) is 0 Å². The highest BCUT2D eigenvalue weighted by atomic mass is 16.2. The minimum absolute atomic E-state index is 0.00754. The van der Waals surface area contributed by atoms with Crippen LogP contribution >= 0.6 is 0 Å². The molecular weight excluding hydrogens is 308 g/mol. The van der Waals surface area contributed by atoms with E-state index < -0.39 is 12.1 Å². The van der Waals surface area contributed by atoms with E-state index in [-0.39, 0.29) is 23.8 Å². The lowest BCUT2D eigenvalue weighted by atomic mass is 9.97. The minimum atomic E-state index is -0.532. The van der Waals surface area contributed by atoms with E-state index in [1.807, 2.05) is 20.8 Å². The summed E-state index contributed by atoms with van der Waals surface area (Å²) < 4.78 is 0. The lowest BCUT2D eigenvalue weighted by Crippen LogP contribution is -2.62. The van der Waals surface area contributed by atoms with Crippen molar-refractivity contribution < 1.29 is 9.59 Å². The van der Waals surface area contributed by atoms with Crippen molar-refractivity contribution in [2.75, 3.05) is 13.1 Å². The monoisotopic (exact) mass is 340 g/mol. The zero-order valence-electron chi connectivity index (χ0n) is 15.0. The van der Waals surface area contributed by atoms with Crippen molar-refractivity contribution in [3.8, 4) is 0 Å². The fourth-order valence-electron chi connectivity index (χ4n) is 2.79. The van der Waals surface area contributed by atoms with Crippen LogP contribution in [-0.2, 0) is 9.59 Å². The van der Waals surface area contributed by atoms with E-state index in [0.717, 1.165) is 12.8 Å². The number of nitrogens with zero attached hydrogens (tertiary/aromatic N) is 1. The SMILES string of the molecule is CC(C)CC(N)C(=O)N1CCC1C(=O)NC(C)CCCNC(=N)N. The number of carbonyl (C=O) groups excluding carboxylic acids is 2. The minimum Gasteiger partial charge on any atom is -0.370 e. The van der Waals surface area contributed by atoms with Gasteiger partial charge in [-0.2, -0.15) is 0 Å². The molecule has 0 aromatic heterocycles. The number of amides is 2. The van der Waals surface area contributed by atoms with Crippen LogP contribution < -0.4 is 22.1 Å². The maximum absolute atomic E-state index is 12.3. The van der Waals surface area contributed by atoms with Crippen molar-refractivity contribution in [1.82, 2.24) is 15.5 Å². The van der Waals surface area contributed by atoms with Gasteiger partial charge in [0.05, 0.1) is 6.04 Å². The molecule has 0 aromatic carbocycles. The smallest absolute Gasteiger partial charge is 0.243 e. The Labute approximate surface area is 144 Å². The zero-order chi connectivity index (χ0) is 18.3. The standard InChI is InChI=1S/C16H32N6O2/c1-10(2)9-12(17)15(24)22-8-6-13(22)14(23)21-11(3)5-4-7-20-16(18)19/h10-13H,4-9,17H2,1-3H3,(H,21,23)(H4,18,19,20). The lowest BCUT2D eigenvalue weighted by Gasteiger charge is -2.41. The van der Waals surface area contributed by atoms with E-state index in [4.69, 9.17) is 16.9 Å². The van der Waals surface area contributed by atoms with E-state index in [9.17, 15) is 9.59 Å². The van der Waals surface area contributed by atoms with Crippen LogP contribution in [0.2, 0.25) is 0 Å². The summed E-state index contributed by atoms with van der Waals surface area (Å²) in [5.41, 5.74) is 11.1. The molecule has 0 saturated carbocycles. The van der Waals surface area contributed by atoms with Gasteiger partial charge in [-0.05, 0) is 38.5 Å². The Kier molecular flexibility index (Phi) is 7.97. The molecule has 8 heteroatoms. The first kappa shape index (κ1) is 20.2. The van der Waals surface area contributed by atoms with Crippen molar-refractivity contribution in [3.05, 3.63) is 0 Å². The largest absolute Gasteiger partial charge is 0.370 e. The summed E-state index contributed by atoms with van der Waals surface area (Å²) in [6, 6.07) is -0.919. The zero-order valence-corrected chi connectivity index (χ0v) is 15.0. The third kappa shape index (κ3) is 6.35. The van der Waals surface area contributed by atoms with Crippen LogP contribution in [-0.4, -0.2) is 53.9 Å². The summed E-state index contributed by atoms with van der Waals surface area (Å²) >= 11 is 0. The van der Waals surface area contributed by atoms with E-state index in [0.29, 0.717) is 31.8 Å². The average Bonchev–Trinajstić information content (AvgIpc) is 2.41. The Hall–Kier alpha value is -1.83. The van der Waals surface area contributed by atoms with Crippen molar-refractivity contribution in [1.29, 1.82) is 5.41 Å². The second-order valence-corrected chi connectivity index (χ2v) is 6.96. The third-order valence-corrected chi connectivity index (χ3v) is 4.17. The van der Waals surface area contributed by atoms with Crippen LogP contribution in [0.1, 0.15) is 46.5 Å². The van der Waals surface area contributed by atoms with Crippen LogP contribution in [0, 0.1) is 11.3 Å². The summed E-state index contributed by atoms with van der Waals surface area (Å²) in [6.45, 7) is 7.18. The van der Waals surface area contributed by atoms with Gasteiger partial charge in [-0.25, -0.2) is 0 Å². The summed E-state index contributed by atoms with van der Waals surface area (Å²) in [7, 11) is 0. The molecule has 3 atom stereocenters. The summed E-state index contributed by atoms with van der Waals surface area (Å²) in [6.07, 6.45) is 2.89. The Morgan fingerprint density at radius 2 is 2.00 bits per heavy atom. The van der Waals surface area contributed by atoms with Gasteiger partial charge in [-0.3, -0.25) is 15.0 Å². The van der Waals surface area contributed by atoms with Gasteiger partial charge in [0.2, 0.25) is 11.8 Å². The van der Waals surface area contributed by atoms with Gasteiger partial charge < -0.3 is 27.0 Å². The molecule has 1 fully saturated rings. The van der Waals surface area contributed by atoms with Crippen molar-refractivity contribution in [2.24, 2.45) is 17.4 Å². The third-order valence-electron chi connectivity index (χ3n) is 4.17. The van der Waals surface area contributed by atoms with Gasteiger partial charge in [0.25, 0.3) is 0 Å². The predicted molar refractivity (Wildman–Crippen MR) is 94.3 cm³/mol. The average molecular weight is 340 g/mol. The van der Waals surface area contributed by atoms with Gasteiger partial charge in [0.15, 0.2) is 5.96 Å². The first-order valence-corrected chi connectivity index (χ1v) is 8.66. The summed E-state index contributed by atoms with van der Waals surface area (Å²) in [5, 5.41) is 12.7.